The number of morpholine rings is 1. The summed E-state index contributed by atoms with van der Waals surface area (Å²) in [5.41, 5.74) is 1.94. The van der Waals surface area contributed by atoms with E-state index in [0.29, 0.717) is 31.2 Å². The molecule has 1 aliphatic heterocycles. The van der Waals surface area contributed by atoms with Gasteiger partial charge in [-0.2, -0.15) is 0 Å². The van der Waals surface area contributed by atoms with E-state index in [4.69, 9.17) is 4.74 Å². The lowest BCUT2D eigenvalue weighted by molar-refractivity contribution is -0.123. The van der Waals surface area contributed by atoms with E-state index >= 15 is 0 Å². The van der Waals surface area contributed by atoms with Gasteiger partial charge in [0.15, 0.2) is 0 Å². The molecule has 2 amide bonds. The normalized spacial score (nSPS) is 22.1. The summed E-state index contributed by atoms with van der Waals surface area (Å²) in [6.45, 7) is 4.40. The smallest absolute Gasteiger partial charge is 0.264 e. The van der Waals surface area contributed by atoms with Crippen LogP contribution in [0.1, 0.15) is 45.7 Å². The van der Waals surface area contributed by atoms with Crippen molar-refractivity contribution in [1.82, 2.24) is 20.2 Å². The van der Waals surface area contributed by atoms with Gasteiger partial charge in [-0.3, -0.25) is 9.59 Å². The number of thiophene rings is 1. The predicted molar refractivity (Wildman–Crippen MR) is 115 cm³/mol. The van der Waals surface area contributed by atoms with Gasteiger partial charge in [0.05, 0.1) is 35.2 Å². The molecule has 3 atom stereocenters. The van der Waals surface area contributed by atoms with Crippen LogP contribution in [0.2, 0.25) is 0 Å². The molecule has 156 valence electrons. The number of nitrogens with zero attached hydrogens (tertiary/aromatic N) is 2. The van der Waals surface area contributed by atoms with Gasteiger partial charge in [-0.25, -0.2) is 4.98 Å². The van der Waals surface area contributed by atoms with Gasteiger partial charge in [0.2, 0.25) is 5.91 Å². The molecule has 1 aromatic carbocycles. The number of nitrogens with one attached hydrogen (secondary N) is 2. The van der Waals surface area contributed by atoms with Gasteiger partial charge < -0.3 is 19.9 Å². The first-order valence-corrected chi connectivity index (χ1v) is 11.1. The zero-order chi connectivity index (χ0) is 20.7. The van der Waals surface area contributed by atoms with Crippen LogP contribution in [0.25, 0.3) is 11.0 Å². The zero-order valence-electron chi connectivity index (χ0n) is 16.8. The molecule has 30 heavy (non-hydrogen) atoms. The summed E-state index contributed by atoms with van der Waals surface area (Å²) in [7, 11) is 0. The third kappa shape index (κ3) is 3.73. The number of hydrogen-bond donors (Lipinski definition) is 2. The second kappa shape index (κ2) is 7.85. The monoisotopic (exact) mass is 424 g/mol. The van der Waals surface area contributed by atoms with Crippen LogP contribution in [0.15, 0.2) is 36.4 Å². The summed E-state index contributed by atoms with van der Waals surface area (Å²) in [4.78, 5) is 36.9. The van der Waals surface area contributed by atoms with Crippen LogP contribution in [-0.4, -0.2) is 53.0 Å². The van der Waals surface area contributed by atoms with E-state index < -0.39 is 0 Å². The predicted octanol–water partition coefficient (Wildman–Crippen LogP) is 3.08. The molecule has 2 aromatic heterocycles. The van der Waals surface area contributed by atoms with Gasteiger partial charge in [0.1, 0.15) is 5.82 Å². The number of aromatic amines is 1. The molecule has 1 saturated carbocycles. The van der Waals surface area contributed by atoms with Crippen molar-refractivity contribution < 1.29 is 14.3 Å². The molecule has 0 radical (unpaired) electrons. The molecule has 3 aromatic rings. The molecule has 8 heteroatoms. The molecule has 0 unspecified atom stereocenters. The van der Waals surface area contributed by atoms with E-state index in [1.165, 1.54) is 11.3 Å². The van der Waals surface area contributed by atoms with Gasteiger partial charge in [0.25, 0.3) is 5.91 Å². The minimum Gasteiger partial charge on any atom is -0.378 e. The maximum absolute atomic E-state index is 12.7. The Morgan fingerprint density at radius 1 is 1.23 bits per heavy atom. The number of ether oxygens (including phenoxy) is 1. The molecule has 3 heterocycles. The van der Waals surface area contributed by atoms with Crippen LogP contribution < -0.4 is 5.32 Å². The number of fused-ring (bicyclic) bond motifs is 1. The lowest BCUT2D eigenvalue weighted by Gasteiger charge is -2.26. The second-order valence-electron chi connectivity index (χ2n) is 7.92. The summed E-state index contributed by atoms with van der Waals surface area (Å²) in [5.74, 6) is 1.06. The highest BCUT2D eigenvalue weighted by atomic mass is 32.1. The number of hydrogen-bond acceptors (Lipinski definition) is 5. The highest BCUT2D eigenvalue weighted by Crippen LogP contribution is 2.47. The van der Waals surface area contributed by atoms with Crippen molar-refractivity contribution in [1.29, 1.82) is 0 Å². The Labute approximate surface area is 178 Å². The molecule has 5 rings (SSSR count). The fraction of sp³-hybridized carbons (Fsp3) is 0.409. The molecular formula is C22H24N4O3S. The number of rotatable bonds is 5. The minimum absolute atomic E-state index is 0.0419. The molecule has 2 fully saturated rings. The van der Waals surface area contributed by atoms with Crippen LogP contribution in [0, 0.1) is 5.92 Å². The first kappa shape index (κ1) is 19.3. The van der Waals surface area contributed by atoms with Gasteiger partial charge in [-0.15, -0.1) is 11.3 Å². The van der Waals surface area contributed by atoms with Crippen molar-refractivity contribution in [2.45, 2.75) is 25.3 Å². The Hall–Kier alpha value is -2.71. The number of imidazole rings is 1. The molecule has 2 N–H and O–H groups in total. The van der Waals surface area contributed by atoms with Crippen LogP contribution in [-0.2, 0) is 9.53 Å². The van der Waals surface area contributed by atoms with Crippen LogP contribution >= 0.6 is 11.3 Å². The SMILES string of the molecule is C[C@@H](NC(=O)[C@H]1C[C@@H]1c1nc2ccccc2[nH]1)c1ccc(C(=O)N2CCOCC2)s1. The average Bonchev–Trinajstić information content (AvgIpc) is 3.21. The standard InChI is InChI=1S/C22H24N4O3S/c1-13(18-6-7-19(30-18)22(28)26-8-10-29-11-9-26)23-21(27)15-12-14(15)20-24-16-4-2-3-5-17(16)25-20/h2-7,13-15H,8-12H2,1H3,(H,23,27)(H,24,25)/t13-,14+,15+/m1/s1. The number of aromatic nitrogens is 2. The summed E-state index contributed by atoms with van der Waals surface area (Å²) in [6.07, 6.45) is 0.809. The fourth-order valence-corrected chi connectivity index (χ4v) is 4.93. The molecule has 1 saturated heterocycles. The first-order chi connectivity index (χ1) is 14.6. The Morgan fingerprint density at radius 2 is 2.03 bits per heavy atom. The lowest BCUT2D eigenvalue weighted by Crippen LogP contribution is -2.40. The number of benzene rings is 1. The average molecular weight is 425 g/mol. The third-order valence-electron chi connectivity index (χ3n) is 5.81. The Morgan fingerprint density at radius 3 is 2.83 bits per heavy atom. The number of amides is 2. The van der Waals surface area contributed by atoms with E-state index in [9.17, 15) is 9.59 Å². The molecule has 0 spiro atoms. The summed E-state index contributed by atoms with van der Waals surface area (Å²) < 4.78 is 5.31. The van der Waals surface area contributed by atoms with Gasteiger partial charge in [0, 0.05) is 29.8 Å². The van der Waals surface area contributed by atoms with Crippen LogP contribution in [0.3, 0.4) is 0 Å². The van der Waals surface area contributed by atoms with E-state index in [2.05, 4.69) is 15.3 Å². The van der Waals surface area contributed by atoms with E-state index in [-0.39, 0.29) is 29.7 Å². The zero-order valence-corrected chi connectivity index (χ0v) is 17.6. The summed E-state index contributed by atoms with van der Waals surface area (Å²) >= 11 is 1.45. The minimum atomic E-state index is -0.134. The Bertz CT molecular complexity index is 1050. The van der Waals surface area contributed by atoms with Crippen molar-refractivity contribution in [2.24, 2.45) is 5.92 Å². The maximum atomic E-state index is 12.7. The molecule has 1 aliphatic carbocycles. The molecular weight excluding hydrogens is 400 g/mol. The van der Waals surface area contributed by atoms with Gasteiger partial charge >= 0.3 is 0 Å². The van der Waals surface area contributed by atoms with E-state index in [1.807, 2.05) is 48.2 Å². The quantitative estimate of drug-likeness (QED) is 0.659. The molecule has 2 aliphatic rings. The third-order valence-corrected chi connectivity index (χ3v) is 7.06. The van der Waals surface area contributed by atoms with Gasteiger partial charge in [-0.1, -0.05) is 12.1 Å². The Balaban J connectivity index is 1.19. The van der Waals surface area contributed by atoms with Crippen LogP contribution in [0.4, 0.5) is 0 Å². The largest absolute Gasteiger partial charge is 0.378 e. The van der Waals surface area contributed by atoms with Crippen molar-refractivity contribution >= 4 is 34.2 Å². The molecule has 0 bridgehead atoms. The highest BCUT2D eigenvalue weighted by Gasteiger charge is 2.46. The van der Waals surface area contributed by atoms with E-state index in [1.54, 1.807) is 0 Å². The lowest BCUT2D eigenvalue weighted by atomic mass is 10.2. The molecule has 7 nitrogen and oxygen atoms in total. The topological polar surface area (TPSA) is 87.3 Å². The number of carbonyl (C=O) groups excluding carboxylic acids is 2. The second-order valence-corrected chi connectivity index (χ2v) is 9.04. The summed E-state index contributed by atoms with van der Waals surface area (Å²) in [6, 6.07) is 11.6. The number of H-pyrrole nitrogens is 1. The van der Waals surface area contributed by atoms with Gasteiger partial charge in [-0.05, 0) is 37.6 Å². The van der Waals surface area contributed by atoms with Crippen molar-refractivity contribution in [3.05, 3.63) is 52.0 Å². The van der Waals surface area contributed by atoms with E-state index in [0.717, 1.165) is 28.2 Å². The maximum Gasteiger partial charge on any atom is 0.264 e. The van der Waals surface area contributed by atoms with Crippen molar-refractivity contribution in [3.63, 3.8) is 0 Å². The Kier molecular flexibility index (Phi) is 5.04. The first-order valence-electron chi connectivity index (χ1n) is 10.3. The summed E-state index contributed by atoms with van der Waals surface area (Å²) in [5, 5.41) is 3.11. The van der Waals surface area contributed by atoms with Crippen molar-refractivity contribution in [2.75, 3.05) is 26.3 Å². The van der Waals surface area contributed by atoms with Crippen LogP contribution in [0.5, 0.6) is 0 Å². The number of carbonyl (C=O) groups is 2. The number of para-hydroxylation sites is 2. The van der Waals surface area contributed by atoms with Crippen molar-refractivity contribution in [3.8, 4) is 0 Å². The highest BCUT2D eigenvalue weighted by molar-refractivity contribution is 7.14. The fourth-order valence-electron chi connectivity index (χ4n) is 3.95.